The summed E-state index contributed by atoms with van der Waals surface area (Å²) in [6.07, 6.45) is 8.42. The Hall–Kier alpha value is -3.85. The lowest BCUT2D eigenvalue weighted by Crippen LogP contribution is -2.39. The number of carbonyl (C=O) groups excluding carboxylic acids is 3. The van der Waals surface area contributed by atoms with Gasteiger partial charge in [0, 0.05) is 37.0 Å². The number of hydrogen-bond donors (Lipinski definition) is 2. The lowest BCUT2D eigenvalue weighted by Gasteiger charge is -2.20. The molecule has 0 bridgehead atoms. The molecule has 2 rings (SSSR count). The first-order valence-electron chi connectivity index (χ1n) is 8.57. The monoisotopic (exact) mass is 375 g/mol. The third kappa shape index (κ3) is 5.32. The number of likely N-dealkylation sites (N-methyl/N-ethyl adjacent to an activating group) is 1. The molecule has 0 radical (unpaired) electrons. The van der Waals surface area contributed by atoms with E-state index in [1.54, 1.807) is 61.7 Å². The van der Waals surface area contributed by atoms with E-state index in [9.17, 15) is 14.4 Å². The van der Waals surface area contributed by atoms with Gasteiger partial charge in [-0.25, -0.2) is 0 Å². The fourth-order valence-corrected chi connectivity index (χ4v) is 2.43. The van der Waals surface area contributed by atoms with E-state index in [0.717, 1.165) is 5.56 Å². The number of amides is 3. The molecule has 0 spiro atoms. The molecule has 0 saturated carbocycles. The van der Waals surface area contributed by atoms with Crippen LogP contribution in [0.25, 0.3) is 6.08 Å². The molecule has 0 heterocycles. The van der Waals surface area contributed by atoms with Crippen molar-refractivity contribution in [2.24, 2.45) is 0 Å². The fourth-order valence-electron chi connectivity index (χ4n) is 2.43. The SMILES string of the molecule is C#Cc1cccc(N(CC(=O)NC)C(=O)/C=C/c2ccc(C(=O)NC)cc2)c1. The maximum Gasteiger partial charge on any atom is 0.251 e. The van der Waals surface area contributed by atoms with Crippen LogP contribution in [0.3, 0.4) is 0 Å². The molecule has 0 unspecified atom stereocenters. The Balaban J connectivity index is 2.24. The van der Waals surface area contributed by atoms with Crippen molar-refractivity contribution in [2.75, 3.05) is 25.5 Å². The Morgan fingerprint density at radius 1 is 1.07 bits per heavy atom. The molecular weight excluding hydrogens is 354 g/mol. The molecule has 0 atom stereocenters. The van der Waals surface area contributed by atoms with Gasteiger partial charge in [-0.3, -0.25) is 19.3 Å². The summed E-state index contributed by atoms with van der Waals surface area (Å²) in [4.78, 5) is 37.5. The lowest BCUT2D eigenvalue weighted by atomic mass is 10.1. The summed E-state index contributed by atoms with van der Waals surface area (Å²) in [5.74, 6) is 1.66. The third-order valence-electron chi connectivity index (χ3n) is 3.99. The van der Waals surface area contributed by atoms with Crippen LogP contribution in [0.2, 0.25) is 0 Å². The van der Waals surface area contributed by atoms with Crippen molar-refractivity contribution in [1.82, 2.24) is 10.6 Å². The molecule has 3 amide bonds. The predicted octanol–water partition coefficient (Wildman–Crippen LogP) is 1.82. The Morgan fingerprint density at radius 3 is 2.39 bits per heavy atom. The summed E-state index contributed by atoms with van der Waals surface area (Å²) in [6, 6.07) is 13.7. The number of benzene rings is 2. The number of nitrogens with one attached hydrogen (secondary N) is 2. The van der Waals surface area contributed by atoms with Gasteiger partial charge in [0.05, 0.1) is 0 Å². The minimum Gasteiger partial charge on any atom is -0.358 e. The number of hydrogen-bond acceptors (Lipinski definition) is 3. The van der Waals surface area contributed by atoms with Crippen LogP contribution in [0, 0.1) is 12.3 Å². The van der Waals surface area contributed by atoms with Crippen LogP contribution in [0.5, 0.6) is 0 Å². The Kier molecular flexibility index (Phi) is 7.12. The summed E-state index contributed by atoms with van der Waals surface area (Å²) in [5, 5.41) is 5.06. The smallest absolute Gasteiger partial charge is 0.251 e. The normalized spacial score (nSPS) is 10.2. The van der Waals surface area contributed by atoms with Crippen LogP contribution >= 0.6 is 0 Å². The van der Waals surface area contributed by atoms with E-state index < -0.39 is 0 Å². The molecule has 28 heavy (non-hydrogen) atoms. The van der Waals surface area contributed by atoms with Gasteiger partial charge in [-0.2, -0.15) is 0 Å². The highest BCUT2D eigenvalue weighted by Crippen LogP contribution is 2.17. The molecular formula is C22H21N3O3. The minimum atomic E-state index is -0.367. The number of terminal acetylenes is 1. The first kappa shape index (κ1) is 20.5. The molecule has 0 aliphatic heterocycles. The topological polar surface area (TPSA) is 78.5 Å². The van der Waals surface area contributed by atoms with E-state index >= 15 is 0 Å². The van der Waals surface area contributed by atoms with Crippen molar-refractivity contribution in [3.8, 4) is 12.3 Å². The summed E-state index contributed by atoms with van der Waals surface area (Å²) in [6.45, 7) is -0.136. The van der Waals surface area contributed by atoms with Gasteiger partial charge in [-0.05, 0) is 42.0 Å². The van der Waals surface area contributed by atoms with Crippen LogP contribution in [0.4, 0.5) is 5.69 Å². The van der Waals surface area contributed by atoms with Crippen molar-refractivity contribution in [3.63, 3.8) is 0 Å². The molecule has 2 aromatic carbocycles. The zero-order valence-electron chi connectivity index (χ0n) is 15.7. The van der Waals surface area contributed by atoms with Crippen LogP contribution in [-0.2, 0) is 9.59 Å². The first-order chi connectivity index (χ1) is 13.5. The van der Waals surface area contributed by atoms with Gasteiger partial charge in [0.1, 0.15) is 6.54 Å². The highest BCUT2D eigenvalue weighted by molar-refractivity contribution is 6.06. The van der Waals surface area contributed by atoms with E-state index in [-0.39, 0.29) is 24.3 Å². The highest BCUT2D eigenvalue weighted by Gasteiger charge is 2.17. The lowest BCUT2D eigenvalue weighted by molar-refractivity contribution is -0.121. The fraction of sp³-hybridized carbons (Fsp3) is 0.136. The maximum atomic E-state index is 12.7. The third-order valence-corrected chi connectivity index (χ3v) is 3.99. The van der Waals surface area contributed by atoms with Gasteiger partial charge >= 0.3 is 0 Å². The summed E-state index contributed by atoms with van der Waals surface area (Å²) < 4.78 is 0. The zero-order valence-corrected chi connectivity index (χ0v) is 15.7. The van der Waals surface area contributed by atoms with Gasteiger partial charge in [-0.15, -0.1) is 6.42 Å². The minimum absolute atomic E-state index is 0.136. The van der Waals surface area contributed by atoms with Crippen LogP contribution in [-0.4, -0.2) is 38.4 Å². The van der Waals surface area contributed by atoms with E-state index in [1.807, 2.05) is 0 Å². The van der Waals surface area contributed by atoms with Gasteiger partial charge < -0.3 is 10.6 Å². The van der Waals surface area contributed by atoms with Crippen LogP contribution < -0.4 is 15.5 Å². The largest absolute Gasteiger partial charge is 0.358 e. The van der Waals surface area contributed by atoms with Gasteiger partial charge in [0.15, 0.2) is 0 Å². The van der Waals surface area contributed by atoms with Crippen molar-refractivity contribution >= 4 is 29.5 Å². The molecule has 0 aromatic heterocycles. The molecule has 0 aliphatic carbocycles. The van der Waals surface area contributed by atoms with E-state index in [4.69, 9.17) is 6.42 Å². The Morgan fingerprint density at radius 2 is 1.79 bits per heavy atom. The highest BCUT2D eigenvalue weighted by atomic mass is 16.2. The number of rotatable bonds is 6. The molecule has 142 valence electrons. The quantitative estimate of drug-likeness (QED) is 0.597. The Labute approximate surface area is 164 Å². The van der Waals surface area contributed by atoms with Crippen molar-refractivity contribution < 1.29 is 14.4 Å². The van der Waals surface area contributed by atoms with Crippen molar-refractivity contribution in [3.05, 3.63) is 71.3 Å². The molecule has 0 saturated heterocycles. The maximum absolute atomic E-state index is 12.7. The molecule has 0 aliphatic rings. The van der Waals surface area contributed by atoms with Gasteiger partial charge in [0.2, 0.25) is 5.91 Å². The van der Waals surface area contributed by atoms with Gasteiger partial charge in [0.25, 0.3) is 11.8 Å². The van der Waals surface area contributed by atoms with Crippen LogP contribution in [0.1, 0.15) is 21.5 Å². The average molecular weight is 375 g/mol. The van der Waals surface area contributed by atoms with E-state index in [2.05, 4.69) is 16.6 Å². The number of carbonyl (C=O) groups is 3. The van der Waals surface area contributed by atoms with Crippen molar-refractivity contribution in [1.29, 1.82) is 0 Å². The zero-order chi connectivity index (χ0) is 20.5. The second kappa shape index (κ2) is 9.74. The summed E-state index contributed by atoms with van der Waals surface area (Å²) in [5.41, 5.74) is 2.42. The van der Waals surface area contributed by atoms with Gasteiger partial charge in [-0.1, -0.05) is 24.1 Å². The van der Waals surface area contributed by atoms with E-state index in [0.29, 0.717) is 16.8 Å². The number of nitrogens with zero attached hydrogens (tertiary/aromatic N) is 1. The molecule has 0 fully saturated rings. The number of anilines is 1. The Bertz CT molecular complexity index is 940. The molecule has 2 N–H and O–H groups in total. The molecule has 6 nitrogen and oxygen atoms in total. The van der Waals surface area contributed by atoms with Crippen molar-refractivity contribution in [2.45, 2.75) is 0 Å². The first-order valence-corrected chi connectivity index (χ1v) is 8.57. The van der Waals surface area contributed by atoms with E-state index in [1.165, 1.54) is 18.0 Å². The summed E-state index contributed by atoms with van der Waals surface area (Å²) >= 11 is 0. The molecule has 6 heteroatoms. The predicted molar refractivity (Wildman–Crippen MR) is 110 cm³/mol. The second-order valence-electron chi connectivity index (χ2n) is 5.83. The second-order valence-corrected chi connectivity index (χ2v) is 5.83. The summed E-state index contributed by atoms with van der Waals surface area (Å²) in [7, 11) is 3.07. The standard InChI is InChI=1S/C22H21N3O3/c1-4-16-6-5-7-19(14-16)25(15-20(26)23-2)21(27)13-10-17-8-11-18(12-9-17)22(28)24-3/h1,5-14H,15H2,2-3H3,(H,23,26)(H,24,28)/b13-10+. The average Bonchev–Trinajstić information content (AvgIpc) is 2.75. The molecule has 2 aromatic rings. The van der Waals surface area contributed by atoms with Crippen LogP contribution in [0.15, 0.2) is 54.6 Å².